The summed E-state index contributed by atoms with van der Waals surface area (Å²) in [5.41, 5.74) is 4.26. The van der Waals surface area contributed by atoms with Gasteiger partial charge in [0, 0.05) is 61.4 Å². The molecule has 3 heterocycles. The van der Waals surface area contributed by atoms with E-state index < -0.39 is 0 Å². The number of amides is 1. The average molecular weight is 446 g/mol. The van der Waals surface area contributed by atoms with Crippen LogP contribution in [0.25, 0.3) is 10.9 Å². The molecule has 3 aromatic rings. The van der Waals surface area contributed by atoms with Crippen molar-refractivity contribution in [1.82, 2.24) is 14.4 Å². The first kappa shape index (κ1) is 20.8. The molecule has 1 amide bonds. The highest BCUT2D eigenvalue weighted by molar-refractivity contribution is 5.96. The Hall–Kier alpha value is -2.83. The number of ether oxygens (including phenoxy) is 1. The minimum Gasteiger partial charge on any atom is -0.497 e. The molecule has 1 N–H and O–H groups in total. The Morgan fingerprint density at radius 3 is 2.55 bits per heavy atom. The maximum atomic E-state index is 13.2. The van der Waals surface area contributed by atoms with Crippen molar-refractivity contribution in [2.75, 3.05) is 39.9 Å². The molecular weight excluding hydrogens is 414 g/mol. The number of hydrogen-bond acceptors (Lipinski definition) is 4. The van der Waals surface area contributed by atoms with Crippen molar-refractivity contribution < 1.29 is 14.6 Å². The molecule has 172 valence electrons. The van der Waals surface area contributed by atoms with Crippen LogP contribution >= 0.6 is 0 Å². The molecule has 2 aliphatic heterocycles. The van der Waals surface area contributed by atoms with Crippen LogP contribution < -0.4 is 4.74 Å². The summed E-state index contributed by atoms with van der Waals surface area (Å²) in [4.78, 5) is 17.6. The molecule has 0 unspecified atom stereocenters. The number of aliphatic hydroxyl groups excluding tert-OH is 1. The lowest BCUT2D eigenvalue weighted by molar-refractivity contribution is -0.00222. The van der Waals surface area contributed by atoms with Gasteiger partial charge in [-0.2, -0.15) is 0 Å². The lowest BCUT2D eigenvalue weighted by atomic mass is 9.68. The fraction of sp³-hybridized carbons (Fsp3) is 0.444. The number of carbonyl (C=O) groups is 1. The van der Waals surface area contributed by atoms with Gasteiger partial charge in [-0.1, -0.05) is 18.2 Å². The molecule has 2 aromatic carbocycles. The van der Waals surface area contributed by atoms with Crippen LogP contribution in [-0.2, 0) is 12.5 Å². The van der Waals surface area contributed by atoms with Gasteiger partial charge in [0.25, 0.3) is 5.91 Å². The SMILES string of the molecule is COc1ccc2c3c(n(C)c2c1)[C@@H](CO)N(CC1CC1)CC31CN(C(=O)c2ccccc2)C1. The molecule has 6 nitrogen and oxygen atoms in total. The van der Waals surface area contributed by atoms with Gasteiger partial charge in [-0.05, 0) is 48.6 Å². The maximum absolute atomic E-state index is 13.2. The number of fused-ring (bicyclic) bond motifs is 4. The maximum Gasteiger partial charge on any atom is 0.253 e. The Balaban J connectivity index is 1.44. The summed E-state index contributed by atoms with van der Waals surface area (Å²) in [6, 6.07) is 15.8. The smallest absolute Gasteiger partial charge is 0.253 e. The molecule has 2 fully saturated rings. The van der Waals surface area contributed by atoms with Gasteiger partial charge < -0.3 is 19.3 Å². The third kappa shape index (κ3) is 3.19. The van der Waals surface area contributed by atoms with E-state index in [2.05, 4.69) is 28.6 Å². The van der Waals surface area contributed by atoms with Gasteiger partial charge in [-0.15, -0.1) is 0 Å². The van der Waals surface area contributed by atoms with Gasteiger partial charge in [0.1, 0.15) is 5.75 Å². The van der Waals surface area contributed by atoms with Gasteiger partial charge in [0.15, 0.2) is 0 Å². The molecule has 1 spiro atoms. The van der Waals surface area contributed by atoms with Gasteiger partial charge >= 0.3 is 0 Å². The van der Waals surface area contributed by atoms with E-state index >= 15 is 0 Å². The van der Waals surface area contributed by atoms with Gasteiger partial charge in [-0.25, -0.2) is 0 Å². The molecule has 1 saturated carbocycles. The molecular formula is C27H31N3O3. The Morgan fingerprint density at radius 2 is 1.88 bits per heavy atom. The van der Waals surface area contributed by atoms with Gasteiger partial charge in [0.2, 0.25) is 0 Å². The number of aryl methyl sites for hydroxylation is 1. The first-order valence-electron chi connectivity index (χ1n) is 11.9. The highest BCUT2D eigenvalue weighted by Crippen LogP contribution is 2.50. The number of rotatable bonds is 5. The van der Waals surface area contributed by atoms with E-state index in [0.717, 1.165) is 35.8 Å². The normalized spacial score (nSPS) is 21.8. The number of hydrogen-bond donors (Lipinski definition) is 1. The summed E-state index contributed by atoms with van der Waals surface area (Å²) >= 11 is 0. The average Bonchev–Trinajstić information content (AvgIpc) is 3.60. The van der Waals surface area contributed by atoms with E-state index in [-0.39, 0.29) is 24.0 Å². The van der Waals surface area contributed by atoms with Crippen LogP contribution in [0.4, 0.5) is 0 Å². The Bertz CT molecular complexity index is 1210. The standard InChI is InChI=1S/C27H31N3O3/c1-28-22-12-20(33-2)10-11-21(22)24-25(28)23(14-31)29(13-18-8-9-18)15-27(24)16-30(17-27)26(32)19-6-4-3-5-7-19/h3-7,10-12,18,23,31H,8-9,13-17H2,1-2H3/t23-/m1/s1. The third-order valence-corrected chi connectivity index (χ3v) is 7.90. The zero-order chi connectivity index (χ0) is 22.7. The van der Waals surface area contributed by atoms with E-state index in [4.69, 9.17) is 4.74 Å². The highest BCUT2D eigenvalue weighted by Gasteiger charge is 2.54. The molecule has 0 bridgehead atoms. The summed E-state index contributed by atoms with van der Waals surface area (Å²) in [5.74, 6) is 1.66. The Morgan fingerprint density at radius 1 is 1.12 bits per heavy atom. The quantitative estimate of drug-likeness (QED) is 0.655. The van der Waals surface area contributed by atoms with Crippen molar-refractivity contribution >= 4 is 16.8 Å². The number of aliphatic hydroxyl groups is 1. The molecule has 6 rings (SSSR count). The monoisotopic (exact) mass is 445 g/mol. The summed E-state index contributed by atoms with van der Waals surface area (Å²) in [6.45, 7) is 3.41. The molecule has 1 aromatic heterocycles. The van der Waals surface area contributed by atoms with Crippen molar-refractivity contribution in [2.24, 2.45) is 13.0 Å². The topological polar surface area (TPSA) is 57.9 Å². The summed E-state index contributed by atoms with van der Waals surface area (Å²) in [6.07, 6.45) is 2.55. The largest absolute Gasteiger partial charge is 0.497 e. The van der Waals surface area contributed by atoms with E-state index in [1.54, 1.807) is 7.11 Å². The number of nitrogens with zero attached hydrogens (tertiary/aromatic N) is 3. The predicted octanol–water partition coefficient (Wildman–Crippen LogP) is 3.34. The number of aromatic nitrogens is 1. The van der Waals surface area contributed by atoms with E-state index in [9.17, 15) is 9.90 Å². The second-order valence-electron chi connectivity index (χ2n) is 10.1. The summed E-state index contributed by atoms with van der Waals surface area (Å²) < 4.78 is 7.75. The Labute approximate surface area is 194 Å². The first-order chi connectivity index (χ1) is 16.0. The molecule has 1 atom stereocenters. The van der Waals surface area contributed by atoms with Crippen molar-refractivity contribution in [3.05, 3.63) is 65.4 Å². The minimum atomic E-state index is -0.117. The fourth-order valence-electron chi connectivity index (χ4n) is 6.14. The predicted molar refractivity (Wildman–Crippen MR) is 128 cm³/mol. The third-order valence-electron chi connectivity index (χ3n) is 7.90. The second-order valence-corrected chi connectivity index (χ2v) is 10.1. The van der Waals surface area contributed by atoms with E-state index in [1.807, 2.05) is 41.3 Å². The molecule has 1 aliphatic carbocycles. The van der Waals surface area contributed by atoms with Crippen LogP contribution in [0.15, 0.2) is 48.5 Å². The minimum absolute atomic E-state index is 0.0199. The number of benzene rings is 2. The number of methoxy groups -OCH3 is 1. The molecule has 6 heteroatoms. The second kappa shape index (κ2) is 7.61. The molecule has 33 heavy (non-hydrogen) atoms. The van der Waals surface area contributed by atoms with Crippen molar-refractivity contribution in [2.45, 2.75) is 24.3 Å². The highest BCUT2D eigenvalue weighted by atomic mass is 16.5. The lowest BCUT2D eigenvalue weighted by Crippen LogP contribution is -2.67. The van der Waals surface area contributed by atoms with Crippen molar-refractivity contribution in [3.63, 3.8) is 0 Å². The van der Waals surface area contributed by atoms with Crippen LogP contribution in [0.1, 0.15) is 40.5 Å². The number of likely N-dealkylation sites (tertiary alicyclic amines) is 1. The van der Waals surface area contributed by atoms with Gasteiger partial charge in [-0.3, -0.25) is 9.69 Å². The van der Waals surface area contributed by atoms with Crippen LogP contribution in [-0.4, -0.2) is 65.3 Å². The van der Waals surface area contributed by atoms with Crippen molar-refractivity contribution in [3.8, 4) is 5.75 Å². The molecule has 0 radical (unpaired) electrons. The summed E-state index contributed by atoms with van der Waals surface area (Å²) in [7, 11) is 3.79. The summed E-state index contributed by atoms with van der Waals surface area (Å²) in [5, 5.41) is 11.7. The van der Waals surface area contributed by atoms with Crippen LogP contribution in [0.2, 0.25) is 0 Å². The van der Waals surface area contributed by atoms with Gasteiger partial charge in [0.05, 0.1) is 25.3 Å². The zero-order valence-corrected chi connectivity index (χ0v) is 19.3. The lowest BCUT2D eigenvalue weighted by Gasteiger charge is -2.56. The van der Waals surface area contributed by atoms with E-state index in [1.165, 1.54) is 29.5 Å². The molecule has 1 saturated heterocycles. The molecule has 3 aliphatic rings. The first-order valence-corrected chi connectivity index (χ1v) is 11.9. The van der Waals surface area contributed by atoms with Crippen molar-refractivity contribution in [1.29, 1.82) is 0 Å². The Kier molecular flexibility index (Phi) is 4.78. The van der Waals surface area contributed by atoms with Crippen LogP contribution in [0.5, 0.6) is 5.75 Å². The number of carbonyl (C=O) groups excluding carboxylic acids is 1. The van der Waals surface area contributed by atoms with E-state index in [0.29, 0.717) is 13.1 Å². The zero-order valence-electron chi connectivity index (χ0n) is 19.3. The van der Waals surface area contributed by atoms with Crippen LogP contribution in [0, 0.1) is 5.92 Å². The fourth-order valence-corrected chi connectivity index (χ4v) is 6.14. The van der Waals surface area contributed by atoms with Crippen LogP contribution in [0.3, 0.4) is 0 Å².